The number of nitrogens with one attached hydrogen (secondary N) is 1. The van der Waals surface area contributed by atoms with Crippen molar-refractivity contribution in [2.24, 2.45) is 0 Å². The zero-order chi connectivity index (χ0) is 24.6. The average molecular weight is 461 g/mol. The number of anilines is 3. The molecule has 0 spiro atoms. The van der Waals surface area contributed by atoms with Crippen molar-refractivity contribution in [1.29, 1.82) is 0 Å². The van der Waals surface area contributed by atoms with Gasteiger partial charge >= 0.3 is 0 Å². The van der Waals surface area contributed by atoms with Crippen LogP contribution >= 0.6 is 0 Å². The summed E-state index contributed by atoms with van der Waals surface area (Å²) in [7, 11) is 0. The van der Waals surface area contributed by atoms with Gasteiger partial charge in [0.05, 0.1) is 0 Å². The normalized spacial score (nSPS) is 11.9. The third-order valence-corrected chi connectivity index (χ3v) is 7.00. The SMILES string of the molecule is CCCCc1ccc(N(c2ccc(C(C)(C)C)cc2)c2ccc3[nH]c4ccc(C)cc4c3c2)cc1. The summed E-state index contributed by atoms with van der Waals surface area (Å²) >= 11 is 0. The summed E-state index contributed by atoms with van der Waals surface area (Å²) in [6.07, 6.45) is 3.59. The van der Waals surface area contributed by atoms with Crippen molar-refractivity contribution in [3.63, 3.8) is 0 Å². The molecule has 0 aliphatic rings. The maximum absolute atomic E-state index is 3.58. The van der Waals surface area contributed by atoms with Gasteiger partial charge in [-0.1, -0.05) is 70.0 Å². The number of rotatable bonds is 6. The minimum Gasteiger partial charge on any atom is -0.355 e. The average Bonchev–Trinajstić information content (AvgIpc) is 3.21. The van der Waals surface area contributed by atoms with E-state index in [-0.39, 0.29) is 5.41 Å². The molecule has 0 radical (unpaired) electrons. The number of aromatic nitrogens is 1. The fourth-order valence-corrected chi connectivity index (χ4v) is 4.89. The van der Waals surface area contributed by atoms with Crippen LogP contribution in [0.4, 0.5) is 17.1 Å². The van der Waals surface area contributed by atoms with Crippen LogP contribution in [0.25, 0.3) is 21.8 Å². The van der Waals surface area contributed by atoms with Gasteiger partial charge in [-0.15, -0.1) is 0 Å². The van der Waals surface area contributed by atoms with Crippen molar-refractivity contribution in [1.82, 2.24) is 4.98 Å². The molecule has 0 amide bonds. The van der Waals surface area contributed by atoms with Gasteiger partial charge in [0.1, 0.15) is 0 Å². The van der Waals surface area contributed by atoms with Crippen molar-refractivity contribution in [3.8, 4) is 0 Å². The quantitative estimate of drug-likeness (QED) is 0.267. The molecule has 0 saturated heterocycles. The Morgan fingerprint density at radius 2 is 1.26 bits per heavy atom. The molecule has 1 N–H and O–H groups in total. The molecular formula is C33H36N2. The summed E-state index contributed by atoms with van der Waals surface area (Å²) < 4.78 is 0. The van der Waals surface area contributed by atoms with E-state index in [0.29, 0.717) is 0 Å². The van der Waals surface area contributed by atoms with Crippen molar-refractivity contribution in [2.45, 2.75) is 59.3 Å². The molecule has 0 atom stereocenters. The Bertz CT molecular complexity index is 1450. The van der Waals surface area contributed by atoms with Crippen LogP contribution in [0, 0.1) is 6.92 Å². The van der Waals surface area contributed by atoms with Gasteiger partial charge in [0.15, 0.2) is 0 Å². The number of hydrogen-bond donors (Lipinski definition) is 1. The van der Waals surface area contributed by atoms with Crippen LogP contribution in [0.5, 0.6) is 0 Å². The Balaban J connectivity index is 1.63. The molecule has 178 valence electrons. The number of nitrogens with zero attached hydrogens (tertiary/aromatic N) is 1. The number of unbranched alkanes of at least 4 members (excludes halogenated alkanes) is 1. The van der Waals surface area contributed by atoms with E-state index >= 15 is 0 Å². The molecule has 35 heavy (non-hydrogen) atoms. The molecule has 2 nitrogen and oxygen atoms in total. The molecule has 2 heteroatoms. The second-order valence-corrected chi connectivity index (χ2v) is 10.8. The first-order valence-corrected chi connectivity index (χ1v) is 12.9. The molecule has 1 heterocycles. The Morgan fingerprint density at radius 3 is 1.89 bits per heavy atom. The highest BCUT2D eigenvalue weighted by atomic mass is 15.1. The fourth-order valence-electron chi connectivity index (χ4n) is 4.89. The van der Waals surface area contributed by atoms with Gasteiger partial charge in [-0.05, 0) is 90.9 Å². The van der Waals surface area contributed by atoms with Crippen molar-refractivity contribution in [2.75, 3.05) is 4.90 Å². The van der Waals surface area contributed by atoms with Crippen molar-refractivity contribution in [3.05, 3.63) is 102 Å². The maximum Gasteiger partial charge on any atom is 0.0469 e. The lowest BCUT2D eigenvalue weighted by Crippen LogP contribution is -2.13. The molecule has 0 saturated carbocycles. The molecule has 5 rings (SSSR count). The molecule has 4 aromatic carbocycles. The van der Waals surface area contributed by atoms with Crippen LogP contribution in [-0.4, -0.2) is 4.98 Å². The number of aromatic amines is 1. The lowest BCUT2D eigenvalue weighted by molar-refractivity contribution is 0.590. The van der Waals surface area contributed by atoms with Crippen LogP contribution in [0.1, 0.15) is 57.2 Å². The molecule has 1 aromatic heterocycles. The number of aryl methyl sites for hydroxylation is 2. The number of fused-ring (bicyclic) bond motifs is 3. The van der Waals surface area contributed by atoms with E-state index in [9.17, 15) is 0 Å². The summed E-state index contributed by atoms with van der Waals surface area (Å²) in [6.45, 7) is 11.2. The smallest absolute Gasteiger partial charge is 0.0469 e. The topological polar surface area (TPSA) is 19.0 Å². The van der Waals surface area contributed by atoms with Crippen LogP contribution in [-0.2, 0) is 11.8 Å². The highest BCUT2D eigenvalue weighted by Crippen LogP contribution is 2.38. The largest absolute Gasteiger partial charge is 0.355 e. The number of H-pyrrole nitrogens is 1. The lowest BCUT2D eigenvalue weighted by atomic mass is 9.87. The monoisotopic (exact) mass is 460 g/mol. The standard InChI is InChI=1S/C33H36N2/c1-6-7-8-24-10-14-26(15-11-24)35(27-16-12-25(13-17-27)33(3,4)5)28-18-20-32-30(22-28)29-21-23(2)9-19-31(29)34-32/h9-22,34H,6-8H2,1-5H3. The third-order valence-electron chi connectivity index (χ3n) is 7.00. The molecule has 0 unspecified atom stereocenters. The van der Waals surface area contributed by atoms with Crippen LogP contribution < -0.4 is 4.90 Å². The zero-order valence-corrected chi connectivity index (χ0v) is 21.7. The van der Waals surface area contributed by atoms with E-state index < -0.39 is 0 Å². The maximum atomic E-state index is 3.58. The van der Waals surface area contributed by atoms with Gasteiger partial charge in [0, 0.05) is 38.9 Å². The Hall–Kier alpha value is -3.52. The first-order chi connectivity index (χ1) is 16.8. The lowest BCUT2D eigenvalue weighted by Gasteiger charge is -2.27. The van der Waals surface area contributed by atoms with Gasteiger partial charge in [0.2, 0.25) is 0 Å². The molecular weight excluding hydrogens is 424 g/mol. The summed E-state index contributed by atoms with van der Waals surface area (Å²) in [5, 5.41) is 2.54. The third kappa shape index (κ3) is 4.71. The van der Waals surface area contributed by atoms with Crippen LogP contribution in [0.3, 0.4) is 0 Å². The predicted octanol–water partition coefficient (Wildman–Crippen LogP) is 9.74. The van der Waals surface area contributed by atoms with E-state index in [1.54, 1.807) is 0 Å². The number of benzene rings is 4. The first-order valence-electron chi connectivity index (χ1n) is 12.9. The van der Waals surface area contributed by atoms with E-state index in [1.165, 1.54) is 68.4 Å². The highest BCUT2D eigenvalue weighted by molar-refractivity contribution is 6.09. The first kappa shape index (κ1) is 23.2. The molecule has 0 aliphatic heterocycles. The van der Waals surface area contributed by atoms with Gasteiger partial charge in [-0.3, -0.25) is 0 Å². The summed E-state index contributed by atoms with van der Waals surface area (Å²) in [5.41, 5.74) is 10.0. The molecule has 5 aromatic rings. The Labute approximate surface area is 209 Å². The zero-order valence-electron chi connectivity index (χ0n) is 21.7. The molecule has 0 aliphatic carbocycles. The van der Waals surface area contributed by atoms with Crippen LogP contribution in [0.2, 0.25) is 0 Å². The molecule has 0 bridgehead atoms. The van der Waals surface area contributed by atoms with Gasteiger partial charge in [0.25, 0.3) is 0 Å². The van der Waals surface area contributed by atoms with Gasteiger partial charge in [-0.2, -0.15) is 0 Å². The van der Waals surface area contributed by atoms with Gasteiger partial charge in [-0.25, -0.2) is 0 Å². The highest BCUT2D eigenvalue weighted by Gasteiger charge is 2.17. The summed E-state index contributed by atoms with van der Waals surface area (Å²) in [4.78, 5) is 5.96. The Kier molecular flexibility index (Phi) is 6.15. The Morgan fingerprint density at radius 1 is 0.686 bits per heavy atom. The van der Waals surface area contributed by atoms with E-state index in [2.05, 4.69) is 129 Å². The minimum absolute atomic E-state index is 0.130. The van der Waals surface area contributed by atoms with E-state index in [1.807, 2.05) is 0 Å². The predicted molar refractivity (Wildman–Crippen MR) is 153 cm³/mol. The van der Waals surface area contributed by atoms with Crippen LogP contribution in [0.15, 0.2) is 84.9 Å². The molecule has 0 fully saturated rings. The summed E-state index contributed by atoms with van der Waals surface area (Å²) in [5.74, 6) is 0. The number of hydrogen-bond acceptors (Lipinski definition) is 1. The van der Waals surface area contributed by atoms with E-state index in [4.69, 9.17) is 0 Å². The van der Waals surface area contributed by atoms with E-state index in [0.717, 1.165) is 6.42 Å². The minimum atomic E-state index is 0.130. The second-order valence-electron chi connectivity index (χ2n) is 10.8. The van der Waals surface area contributed by atoms with Gasteiger partial charge < -0.3 is 9.88 Å². The fraction of sp³-hybridized carbons (Fsp3) is 0.273. The second kappa shape index (κ2) is 9.26. The van der Waals surface area contributed by atoms with Crippen molar-refractivity contribution < 1.29 is 0 Å². The van der Waals surface area contributed by atoms with Crippen molar-refractivity contribution >= 4 is 38.9 Å². The summed E-state index contributed by atoms with van der Waals surface area (Å²) in [6, 6.07) is 31.6.